The van der Waals surface area contributed by atoms with Crippen molar-refractivity contribution in [2.45, 2.75) is 51.3 Å². The molecule has 2 bridgehead atoms. The zero-order chi connectivity index (χ0) is 26.3. The minimum atomic E-state index is -0.503. The second-order valence-electron chi connectivity index (χ2n) is 11.0. The average Bonchev–Trinajstić information content (AvgIpc) is 3.64. The molecule has 0 spiro atoms. The molecule has 2 fully saturated rings. The Morgan fingerprint density at radius 2 is 1.89 bits per heavy atom. The van der Waals surface area contributed by atoms with E-state index < -0.39 is 5.60 Å². The maximum absolute atomic E-state index is 12.7. The molecule has 4 aromatic rings. The highest BCUT2D eigenvalue weighted by atomic mass is 16.6. The number of hydrogen-bond acceptors (Lipinski definition) is 7. The van der Waals surface area contributed by atoms with Crippen molar-refractivity contribution < 1.29 is 9.53 Å². The van der Waals surface area contributed by atoms with Gasteiger partial charge in [-0.3, -0.25) is 4.40 Å². The van der Waals surface area contributed by atoms with Crippen molar-refractivity contribution in [2.75, 3.05) is 29.9 Å². The predicted molar refractivity (Wildman–Crippen MR) is 147 cm³/mol. The first-order valence-electron chi connectivity index (χ1n) is 13.2. The summed E-state index contributed by atoms with van der Waals surface area (Å²) in [7, 11) is 0. The van der Waals surface area contributed by atoms with E-state index >= 15 is 0 Å². The number of hydrogen-bond donors (Lipinski definition) is 1. The van der Waals surface area contributed by atoms with Gasteiger partial charge >= 0.3 is 6.09 Å². The molecule has 5 heterocycles. The maximum Gasteiger partial charge on any atom is 0.410 e. The largest absolute Gasteiger partial charge is 0.444 e. The van der Waals surface area contributed by atoms with Crippen LogP contribution < -0.4 is 10.2 Å². The Labute approximate surface area is 222 Å². The van der Waals surface area contributed by atoms with E-state index in [1.54, 1.807) is 6.20 Å². The standard InChI is InChI=1S/C29H33N7O2/c1-29(2,3)38-28(37)36-19-22-16-23(36)18-35(22)27-33-24(17-26-32-13-14-34(26)27)21-10-12-31-25(15-21)30-11-9-20-7-5-4-6-8-20/h4-8,10,12-15,17,22-23H,9,11,16,18-19H2,1-3H3,(H,30,31)/t22?,23-/m1/s1. The van der Waals surface area contributed by atoms with Crippen LogP contribution in [0.25, 0.3) is 16.9 Å². The van der Waals surface area contributed by atoms with Crippen molar-refractivity contribution in [1.29, 1.82) is 0 Å². The molecule has 3 aromatic heterocycles. The number of likely N-dealkylation sites (tertiary alicyclic amines) is 1. The topological polar surface area (TPSA) is 87.9 Å². The third kappa shape index (κ3) is 4.88. The zero-order valence-corrected chi connectivity index (χ0v) is 22.0. The molecule has 2 aliphatic rings. The van der Waals surface area contributed by atoms with Crippen molar-refractivity contribution in [3.8, 4) is 11.3 Å². The van der Waals surface area contributed by atoms with Crippen molar-refractivity contribution in [1.82, 2.24) is 24.3 Å². The normalized spacial score (nSPS) is 18.8. The number of benzene rings is 1. The number of aromatic nitrogens is 4. The van der Waals surface area contributed by atoms with Gasteiger partial charge in [0.1, 0.15) is 17.1 Å². The molecule has 9 nitrogen and oxygen atoms in total. The number of nitrogens with zero attached hydrogens (tertiary/aromatic N) is 6. The number of rotatable bonds is 6. The quantitative estimate of drug-likeness (QED) is 0.403. The molecule has 1 N–H and O–H groups in total. The van der Waals surface area contributed by atoms with Crippen LogP contribution in [0.1, 0.15) is 32.8 Å². The lowest BCUT2D eigenvalue weighted by Gasteiger charge is -2.35. The molecule has 0 radical (unpaired) electrons. The summed E-state index contributed by atoms with van der Waals surface area (Å²) in [5, 5.41) is 3.44. The van der Waals surface area contributed by atoms with E-state index in [9.17, 15) is 4.79 Å². The lowest BCUT2D eigenvalue weighted by Crippen LogP contribution is -2.50. The molecule has 1 aromatic carbocycles. The molecule has 2 atom stereocenters. The number of carbonyl (C=O) groups is 1. The summed E-state index contributed by atoms with van der Waals surface area (Å²) >= 11 is 0. The molecular formula is C29H33N7O2. The van der Waals surface area contributed by atoms with Gasteiger partial charge in [0.2, 0.25) is 5.95 Å². The Balaban J connectivity index is 1.21. The van der Waals surface area contributed by atoms with Gasteiger partial charge in [-0.25, -0.2) is 19.7 Å². The molecule has 1 unspecified atom stereocenters. The van der Waals surface area contributed by atoms with Gasteiger partial charge in [-0.2, -0.15) is 0 Å². The van der Waals surface area contributed by atoms with Crippen LogP contribution in [-0.4, -0.2) is 67.7 Å². The van der Waals surface area contributed by atoms with Crippen LogP contribution in [0.15, 0.2) is 67.1 Å². The summed E-state index contributed by atoms with van der Waals surface area (Å²) in [4.78, 5) is 31.1. The minimum Gasteiger partial charge on any atom is -0.444 e. The van der Waals surface area contributed by atoms with E-state index in [1.165, 1.54) is 5.56 Å². The van der Waals surface area contributed by atoms with Gasteiger partial charge in [0.15, 0.2) is 0 Å². The lowest BCUT2D eigenvalue weighted by atomic mass is 10.1. The van der Waals surface area contributed by atoms with Crippen LogP contribution in [0.5, 0.6) is 0 Å². The van der Waals surface area contributed by atoms with Crippen molar-refractivity contribution in [3.63, 3.8) is 0 Å². The minimum absolute atomic E-state index is 0.111. The SMILES string of the molecule is CC(C)(C)OC(=O)N1CC2C[C@@H]1CN2c1nc(-c2ccnc(NCCc3ccccc3)c2)cc2nccn12. The monoisotopic (exact) mass is 511 g/mol. The third-order valence-electron chi connectivity index (χ3n) is 7.11. The van der Waals surface area contributed by atoms with Gasteiger partial charge in [0, 0.05) is 49.9 Å². The van der Waals surface area contributed by atoms with Gasteiger partial charge in [-0.05, 0) is 51.3 Å². The van der Waals surface area contributed by atoms with Gasteiger partial charge in [-0.15, -0.1) is 0 Å². The van der Waals surface area contributed by atoms with Crippen LogP contribution in [-0.2, 0) is 11.2 Å². The van der Waals surface area contributed by atoms with E-state index in [4.69, 9.17) is 9.72 Å². The van der Waals surface area contributed by atoms with Crippen molar-refractivity contribution in [3.05, 3.63) is 72.7 Å². The second kappa shape index (κ2) is 9.63. The van der Waals surface area contributed by atoms with Gasteiger partial charge in [-0.1, -0.05) is 30.3 Å². The zero-order valence-electron chi connectivity index (χ0n) is 22.0. The number of carbonyl (C=O) groups excluding carboxylic acids is 1. The summed E-state index contributed by atoms with van der Waals surface area (Å²) < 4.78 is 7.67. The molecule has 2 saturated heterocycles. The Kier molecular flexibility index (Phi) is 6.13. The molecule has 1 amide bonds. The van der Waals surface area contributed by atoms with Crippen LogP contribution in [0.4, 0.5) is 16.6 Å². The molecule has 196 valence electrons. The van der Waals surface area contributed by atoms with Crippen LogP contribution in [0, 0.1) is 0 Å². The smallest absolute Gasteiger partial charge is 0.410 e. The summed E-state index contributed by atoms with van der Waals surface area (Å²) in [6, 6.07) is 16.7. The van der Waals surface area contributed by atoms with Crippen LogP contribution >= 0.6 is 0 Å². The Morgan fingerprint density at radius 1 is 1.05 bits per heavy atom. The first-order valence-corrected chi connectivity index (χ1v) is 13.2. The van der Waals surface area contributed by atoms with Crippen molar-refractivity contribution in [2.24, 2.45) is 0 Å². The number of pyridine rings is 1. The molecule has 2 aliphatic heterocycles. The van der Waals surface area contributed by atoms with E-state index in [2.05, 4.69) is 44.5 Å². The van der Waals surface area contributed by atoms with E-state index in [0.29, 0.717) is 6.54 Å². The fourth-order valence-electron chi connectivity index (χ4n) is 5.38. The second-order valence-corrected chi connectivity index (χ2v) is 11.0. The van der Waals surface area contributed by atoms with Crippen LogP contribution in [0.2, 0.25) is 0 Å². The van der Waals surface area contributed by atoms with Gasteiger partial charge in [0.25, 0.3) is 0 Å². The molecular weight excluding hydrogens is 478 g/mol. The fourth-order valence-corrected chi connectivity index (χ4v) is 5.38. The number of anilines is 2. The number of nitrogens with one attached hydrogen (secondary N) is 1. The predicted octanol–water partition coefficient (Wildman–Crippen LogP) is 4.64. The third-order valence-corrected chi connectivity index (χ3v) is 7.11. The van der Waals surface area contributed by atoms with Gasteiger partial charge < -0.3 is 19.9 Å². The van der Waals surface area contributed by atoms with E-state index in [-0.39, 0.29) is 18.2 Å². The summed E-state index contributed by atoms with van der Waals surface area (Å²) in [5.41, 5.74) is 3.45. The van der Waals surface area contributed by atoms with E-state index in [1.807, 2.05) is 66.7 Å². The fraction of sp³-hybridized carbons (Fsp3) is 0.379. The Hall–Kier alpha value is -4.14. The number of fused-ring (bicyclic) bond motifs is 3. The first kappa shape index (κ1) is 24.2. The average molecular weight is 512 g/mol. The first-order chi connectivity index (χ1) is 18.3. The molecule has 38 heavy (non-hydrogen) atoms. The highest BCUT2D eigenvalue weighted by Crippen LogP contribution is 2.36. The van der Waals surface area contributed by atoms with E-state index in [0.717, 1.165) is 54.6 Å². The summed E-state index contributed by atoms with van der Waals surface area (Å²) in [5.74, 6) is 1.67. The summed E-state index contributed by atoms with van der Waals surface area (Å²) in [6.07, 6.45) is 7.16. The number of imidazole rings is 1. The van der Waals surface area contributed by atoms with Gasteiger partial charge in [0.05, 0.1) is 17.8 Å². The molecule has 6 rings (SSSR count). The van der Waals surface area contributed by atoms with Crippen LogP contribution in [0.3, 0.4) is 0 Å². The maximum atomic E-state index is 12.7. The highest BCUT2D eigenvalue weighted by Gasteiger charge is 2.47. The Bertz CT molecular complexity index is 1450. The number of amides is 1. The highest BCUT2D eigenvalue weighted by molar-refractivity contribution is 5.71. The molecule has 9 heteroatoms. The summed E-state index contributed by atoms with van der Waals surface area (Å²) in [6.45, 7) is 7.85. The molecule has 0 aliphatic carbocycles. The molecule has 0 saturated carbocycles. The number of piperazine rings is 1. The Morgan fingerprint density at radius 3 is 2.66 bits per heavy atom. The van der Waals surface area contributed by atoms with Crippen molar-refractivity contribution >= 4 is 23.5 Å². The lowest BCUT2D eigenvalue weighted by molar-refractivity contribution is 0.0214. The number of ether oxygens (including phenoxy) is 1.